The van der Waals surface area contributed by atoms with Gasteiger partial charge in [-0.1, -0.05) is 15.9 Å². The van der Waals surface area contributed by atoms with Crippen molar-refractivity contribution < 1.29 is 8.78 Å². The van der Waals surface area contributed by atoms with E-state index in [1.165, 1.54) is 0 Å². The molecule has 0 aliphatic carbocycles. The van der Waals surface area contributed by atoms with Gasteiger partial charge in [0, 0.05) is 34.0 Å². The molecule has 1 aromatic heterocycles. The molecule has 2 rings (SSSR count). The van der Waals surface area contributed by atoms with E-state index in [2.05, 4.69) is 20.9 Å². The molecule has 2 aromatic rings. The predicted octanol–water partition coefficient (Wildman–Crippen LogP) is 3.59. The van der Waals surface area contributed by atoms with E-state index in [9.17, 15) is 8.78 Å². The highest BCUT2D eigenvalue weighted by atomic mass is 79.9. The van der Waals surface area contributed by atoms with Crippen LogP contribution in [-0.2, 0) is 0 Å². The number of fused-ring (bicyclic) bond motifs is 1. The second-order valence-electron chi connectivity index (χ2n) is 3.67. The van der Waals surface area contributed by atoms with Crippen LogP contribution in [0.15, 0.2) is 28.9 Å². The molecule has 0 aliphatic heterocycles. The van der Waals surface area contributed by atoms with Gasteiger partial charge in [-0.25, -0.2) is 8.78 Å². The van der Waals surface area contributed by atoms with E-state index in [4.69, 9.17) is 5.73 Å². The Hall–Kier alpha value is -0.940. The van der Waals surface area contributed by atoms with Crippen LogP contribution in [0.2, 0.25) is 0 Å². The first-order valence-electron chi connectivity index (χ1n) is 4.88. The molecule has 1 heterocycles. The number of aromatic amines is 1. The Kier molecular flexibility index (Phi) is 3.25. The summed E-state index contributed by atoms with van der Waals surface area (Å²) in [6.07, 6.45) is -1.00. The van der Waals surface area contributed by atoms with Crippen molar-refractivity contribution in [3.8, 4) is 0 Å². The van der Waals surface area contributed by atoms with Gasteiger partial charge in [0.05, 0.1) is 0 Å². The van der Waals surface area contributed by atoms with Gasteiger partial charge in [-0.3, -0.25) is 0 Å². The number of hydrogen-bond donors (Lipinski definition) is 2. The second kappa shape index (κ2) is 4.51. The molecule has 0 saturated carbocycles. The molecular formula is C11H11BrF2N2. The van der Waals surface area contributed by atoms with Crippen LogP contribution in [0.1, 0.15) is 18.0 Å². The summed E-state index contributed by atoms with van der Waals surface area (Å²) in [6.45, 7) is 0. The van der Waals surface area contributed by atoms with E-state index in [1.807, 2.05) is 18.2 Å². The lowest BCUT2D eigenvalue weighted by Gasteiger charge is -2.09. The fraction of sp³-hybridized carbons (Fsp3) is 0.273. The maximum atomic E-state index is 12.3. The van der Waals surface area contributed by atoms with Gasteiger partial charge >= 0.3 is 0 Å². The van der Waals surface area contributed by atoms with Gasteiger partial charge in [-0.2, -0.15) is 0 Å². The summed E-state index contributed by atoms with van der Waals surface area (Å²) in [6, 6.07) is 5.02. The highest BCUT2D eigenvalue weighted by molar-refractivity contribution is 9.10. The lowest BCUT2D eigenvalue weighted by Crippen LogP contribution is -2.13. The Morgan fingerprint density at radius 3 is 2.81 bits per heavy atom. The quantitative estimate of drug-likeness (QED) is 0.891. The molecule has 86 valence electrons. The lowest BCUT2D eigenvalue weighted by atomic mass is 10.0. The summed E-state index contributed by atoms with van der Waals surface area (Å²) in [7, 11) is 0. The van der Waals surface area contributed by atoms with Crippen LogP contribution in [0.25, 0.3) is 10.9 Å². The van der Waals surface area contributed by atoms with Gasteiger partial charge in [-0.15, -0.1) is 0 Å². The van der Waals surface area contributed by atoms with Crippen LogP contribution >= 0.6 is 15.9 Å². The van der Waals surface area contributed by atoms with Crippen LogP contribution in [0, 0.1) is 0 Å². The lowest BCUT2D eigenvalue weighted by molar-refractivity contribution is 0.128. The van der Waals surface area contributed by atoms with Gasteiger partial charge in [-0.05, 0) is 23.8 Å². The molecule has 0 radical (unpaired) electrons. The zero-order valence-electron chi connectivity index (χ0n) is 8.38. The number of alkyl halides is 2. The molecule has 2 nitrogen and oxygen atoms in total. The summed E-state index contributed by atoms with van der Waals surface area (Å²) in [5.41, 5.74) is 7.38. The maximum absolute atomic E-state index is 12.3. The van der Waals surface area contributed by atoms with Crippen molar-refractivity contribution in [2.24, 2.45) is 5.73 Å². The Balaban J connectivity index is 2.40. The minimum atomic E-state index is -2.38. The van der Waals surface area contributed by atoms with E-state index < -0.39 is 12.5 Å². The number of halogens is 3. The van der Waals surface area contributed by atoms with Crippen molar-refractivity contribution in [3.05, 3.63) is 34.4 Å². The van der Waals surface area contributed by atoms with Crippen LogP contribution in [-0.4, -0.2) is 11.4 Å². The SMILES string of the molecule is N[C@@H](CC(F)F)c1c[nH]c2ccc(Br)cc12. The van der Waals surface area contributed by atoms with Gasteiger partial charge in [0.15, 0.2) is 0 Å². The van der Waals surface area contributed by atoms with Gasteiger partial charge in [0.1, 0.15) is 0 Å². The number of H-pyrrole nitrogens is 1. The van der Waals surface area contributed by atoms with Crippen molar-refractivity contribution in [1.29, 1.82) is 0 Å². The Morgan fingerprint density at radius 2 is 2.12 bits per heavy atom. The van der Waals surface area contributed by atoms with E-state index >= 15 is 0 Å². The van der Waals surface area contributed by atoms with E-state index in [1.54, 1.807) is 6.20 Å². The van der Waals surface area contributed by atoms with Crippen molar-refractivity contribution in [1.82, 2.24) is 4.98 Å². The molecule has 5 heteroatoms. The maximum Gasteiger partial charge on any atom is 0.240 e. The topological polar surface area (TPSA) is 41.8 Å². The molecule has 0 fully saturated rings. The third-order valence-corrected chi connectivity index (χ3v) is 3.00. The molecule has 0 spiro atoms. The number of nitrogens with two attached hydrogens (primary N) is 1. The number of benzene rings is 1. The van der Waals surface area contributed by atoms with Crippen molar-refractivity contribution in [2.45, 2.75) is 18.9 Å². The minimum absolute atomic E-state index is 0.320. The van der Waals surface area contributed by atoms with Crippen molar-refractivity contribution in [3.63, 3.8) is 0 Å². The number of nitrogens with one attached hydrogen (secondary N) is 1. The largest absolute Gasteiger partial charge is 0.361 e. The minimum Gasteiger partial charge on any atom is -0.361 e. The standard InChI is InChI=1S/C11H11BrF2N2/c12-6-1-2-10-7(3-6)8(5-16-10)9(15)4-11(13)14/h1-3,5,9,11,16H,4,15H2/t9-/m0/s1. The average molecular weight is 289 g/mol. The van der Waals surface area contributed by atoms with Gasteiger partial charge in [0.2, 0.25) is 6.43 Å². The Labute approximate surface area is 100.0 Å². The van der Waals surface area contributed by atoms with Crippen molar-refractivity contribution in [2.75, 3.05) is 0 Å². The monoisotopic (exact) mass is 288 g/mol. The van der Waals surface area contributed by atoms with Crippen molar-refractivity contribution >= 4 is 26.8 Å². The zero-order valence-corrected chi connectivity index (χ0v) is 9.97. The average Bonchev–Trinajstić information content (AvgIpc) is 2.59. The Bertz CT molecular complexity index is 496. The molecule has 1 aromatic carbocycles. The molecule has 0 amide bonds. The van der Waals surface area contributed by atoms with E-state index in [0.29, 0.717) is 0 Å². The number of aromatic nitrogens is 1. The molecule has 0 bridgehead atoms. The molecular weight excluding hydrogens is 278 g/mol. The summed E-state index contributed by atoms with van der Waals surface area (Å²) in [4.78, 5) is 3.02. The molecule has 16 heavy (non-hydrogen) atoms. The second-order valence-corrected chi connectivity index (χ2v) is 4.58. The van der Waals surface area contributed by atoms with E-state index in [0.717, 1.165) is 20.9 Å². The van der Waals surface area contributed by atoms with E-state index in [-0.39, 0.29) is 6.42 Å². The first-order valence-corrected chi connectivity index (χ1v) is 5.67. The first-order chi connectivity index (χ1) is 7.58. The fourth-order valence-corrected chi connectivity index (χ4v) is 2.10. The summed E-state index contributed by atoms with van der Waals surface area (Å²) >= 11 is 3.35. The third kappa shape index (κ3) is 2.25. The Morgan fingerprint density at radius 1 is 1.38 bits per heavy atom. The smallest absolute Gasteiger partial charge is 0.240 e. The molecule has 1 atom stereocenters. The number of hydrogen-bond acceptors (Lipinski definition) is 1. The highest BCUT2D eigenvalue weighted by Crippen LogP contribution is 2.28. The fourth-order valence-electron chi connectivity index (χ4n) is 1.74. The zero-order chi connectivity index (χ0) is 11.7. The highest BCUT2D eigenvalue weighted by Gasteiger charge is 2.16. The molecule has 0 aliphatic rings. The first kappa shape index (κ1) is 11.5. The third-order valence-electron chi connectivity index (χ3n) is 2.51. The summed E-state index contributed by atoms with van der Waals surface area (Å²) in [5.74, 6) is 0. The molecule has 3 N–H and O–H groups in total. The normalized spacial score (nSPS) is 13.6. The number of rotatable bonds is 3. The van der Waals surface area contributed by atoms with Crippen LogP contribution < -0.4 is 5.73 Å². The summed E-state index contributed by atoms with van der Waals surface area (Å²) in [5, 5.41) is 0.891. The molecule has 0 saturated heterocycles. The van der Waals surface area contributed by atoms with Gasteiger partial charge in [0.25, 0.3) is 0 Å². The van der Waals surface area contributed by atoms with Crippen LogP contribution in [0.5, 0.6) is 0 Å². The molecule has 0 unspecified atom stereocenters. The summed E-state index contributed by atoms with van der Waals surface area (Å²) < 4.78 is 25.4. The van der Waals surface area contributed by atoms with Crippen LogP contribution in [0.3, 0.4) is 0 Å². The predicted molar refractivity (Wildman–Crippen MR) is 63.5 cm³/mol. The van der Waals surface area contributed by atoms with Gasteiger partial charge < -0.3 is 10.7 Å². The van der Waals surface area contributed by atoms with Crippen LogP contribution in [0.4, 0.5) is 8.78 Å².